The first-order chi connectivity index (χ1) is 14.2. The molecule has 2 saturated heterocycles. The first-order valence-electron chi connectivity index (χ1n) is 11.5. The first-order valence-corrected chi connectivity index (χ1v) is 11.5. The number of nitrogens with zero attached hydrogens (tertiary/aromatic N) is 2. The Kier molecular flexibility index (Phi) is 6.41. The van der Waals surface area contributed by atoms with Crippen molar-refractivity contribution in [3.05, 3.63) is 35.9 Å². The van der Waals surface area contributed by atoms with Gasteiger partial charge in [-0.1, -0.05) is 49.6 Å². The van der Waals surface area contributed by atoms with Gasteiger partial charge in [0.1, 0.15) is 0 Å². The Labute approximate surface area is 174 Å². The van der Waals surface area contributed by atoms with E-state index in [0.717, 1.165) is 51.0 Å². The molecule has 2 heterocycles. The summed E-state index contributed by atoms with van der Waals surface area (Å²) in [4.78, 5) is 29.5. The number of hydrogen-bond donors (Lipinski definition) is 1. The molecule has 1 aromatic carbocycles. The van der Waals surface area contributed by atoms with E-state index in [1.54, 1.807) is 0 Å². The van der Waals surface area contributed by atoms with E-state index >= 15 is 0 Å². The molecule has 1 spiro atoms. The number of likely N-dealkylation sites (tertiary alicyclic amines) is 2. The highest BCUT2D eigenvalue weighted by Gasteiger charge is 2.47. The Morgan fingerprint density at radius 1 is 0.966 bits per heavy atom. The standard InChI is InChI=1S/C24H35N3O2/c28-22(26-15-7-8-16-26)12-11-21-18-27(19-24(21)13-5-2-6-14-24)23(29)25-17-20-9-3-1-4-10-20/h1,3-4,9-10,21H,2,5-8,11-19H2,(H,25,29). The van der Waals surface area contributed by atoms with Crippen LogP contribution < -0.4 is 5.32 Å². The zero-order chi connectivity index (χ0) is 20.1. The molecular weight excluding hydrogens is 362 g/mol. The molecule has 1 aromatic rings. The number of carbonyl (C=O) groups excluding carboxylic acids is 2. The molecule has 3 amide bonds. The summed E-state index contributed by atoms with van der Waals surface area (Å²) in [6, 6.07) is 10.1. The minimum absolute atomic E-state index is 0.0483. The fraction of sp³-hybridized carbons (Fsp3) is 0.667. The molecular formula is C24H35N3O2. The molecule has 1 aliphatic carbocycles. The third-order valence-corrected chi connectivity index (χ3v) is 7.40. The third kappa shape index (κ3) is 4.76. The van der Waals surface area contributed by atoms with E-state index in [0.29, 0.717) is 24.8 Å². The molecule has 3 fully saturated rings. The van der Waals surface area contributed by atoms with Gasteiger partial charge in [-0.25, -0.2) is 4.79 Å². The average molecular weight is 398 g/mol. The Morgan fingerprint density at radius 3 is 2.41 bits per heavy atom. The summed E-state index contributed by atoms with van der Waals surface area (Å²) < 4.78 is 0. The lowest BCUT2D eigenvalue weighted by molar-refractivity contribution is -0.130. The van der Waals surface area contributed by atoms with Gasteiger partial charge in [-0.15, -0.1) is 0 Å². The number of benzene rings is 1. The van der Waals surface area contributed by atoms with Gasteiger partial charge in [0.15, 0.2) is 0 Å². The largest absolute Gasteiger partial charge is 0.343 e. The van der Waals surface area contributed by atoms with E-state index in [4.69, 9.17) is 0 Å². The van der Waals surface area contributed by atoms with E-state index in [9.17, 15) is 9.59 Å². The Morgan fingerprint density at radius 2 is 1.69 bits per heavy atom. The monoisotopic (exact) mass is 397 g/mol. The van der Waals surface area contributed by atoms with Crippen molar-refractivity contribution < 1.29 is 9.59 Å². The van der Waals surface area contributed by atoms with Gasteiger partial charge in [-0.2, -0.15) is 0 Å². The highest BCUT2D eigenvalue weighted by Crippen LogP contribution is 2.49. The SMILES string of the molecule is O=C(CCC1CN(C(=O)NCc2ccccc2)CC12CCCCC2)N1CCCC1. The van der Waals surface area contributed by atoms with Crippen LogP contribution in [0.3, 0.4) is 0 Å². The van der Waals surface area contributed by atoms with Crippen molar-refractivity contribution in [2.24, 2.45) is 11.3 Å². The minimum Gasteiger partial charge on any atom is -0.343 e. The van der Waals surface area contributed by atoms with Crippen LogP contribution in [-0.4, -0.2) is 47.9 Å². The van der Waals surface area contributed by atoms with Crippen LogP contribution in [0.15, 0.2) is 30.3 Å². The predicted molar refractivity (Wildman–Crippen MR) is 114 cm³/mol. The van der Waals surface area contributed by atoms with Crippen LogP contribution in [0.4, 0.5) is 4.79 Å². The van der Waals surface area contributed by atoms with E-state index in [-0.39, 0.29) is 11.4 Å². The molecule has 2 aliphatic heterocycles. The first kappa shape index (κ1) is 20.2. The molecule has 1 atom stereocenters. The van der Waals surface area contributed by atoms with Gasteiger partial charge in [0, 0.05) is 39.1 Å². The summed E-state index contributed by atoms with van der Waals surface area (Å²) in [7, 11) is 0. The van der Waals surface area contributed by atoms with E-state index in [2.05, 4.69) is 5.32 Å². The molecule has 1 N–H and O–H groups in total. The van der Waals surface area contributed by atoms with Crippen molar-refractivity contribution in [3.63, 3.8) is 0 Å². The predicted octanol–water partition coefficient (Wildman–Crippen LogP) is 4.18. The van der Waals surface area contributed by atoms with Crippen molar-refractivity contribution in [1.82, 2.24) is 15.1 Å². The quantitative estimate of drug-likeness (QED) is 0.810. The van der Waals surface area contributed by atoms with Crippen LogP contribution in [0.25, 0.3) is 0 Å². The number of nitrogens with one attached hydrogen (secondary N) is 1. The molecule has 3 aliphatic rings. The van der Waals surface area contributed by atoms with Gasteiger partial charge < -0.3 is 15.1 Å². The van der Waals surface area contributed by atoms with Crippen molar-refractivity contribution in [3.8, 4) is 0 Å². The third-order valence-electron chi connectivity index (χ3n) is 7.40. The van der Waals surface area contributed by atoms with Gasteiger partial charge in [0.25, 0.3) is 0 Å². The van der Waals surface area contributed by atoms with Gasteiger partial charge >= 0.3 is 6.03 Å². The highest BCUT2D eigenvalue weighted by molar-refractivity contribution is 5.76. The second-order valence-corrected chi connectivity index (χ2v) is 9.27. The molecule has 29 heavy (non-hydrogen) atoms. The number of rotatable bonds is 5. The molecule has 5 heteroatoms. The Balaban J connectivity index is 1.36. The number of hydrogen-bond acceptors (Lipinski definition) is 2. The van der Waals surface area contributed by atoms with Crippen molar-refractivity contribution in [2.75, 3.05) is 26.2 Å². The molecule has 0 bridgehead atoms. The summed E-state index contributed by atoms with van der Waals surface area (Å²) >= 11 is 0. The summed E-state index contributed by atoms with van der Waals surface area (Å²) in [5, 5.41) is 3.10. The average Bonchev–Trinajstić information content (AvgIpc) is 3.41. The molecule has 1 saturated carbocycles. The second-order valence-electron chi connectivity index (χ2n) is 9.27. The molecule has 4 rings (SSSR count). The summed E-state index contributed by atoms with van der Waals surface area (Å²) in [5.74, 6) is 0.775. The van der Waals surface area contributed by atoms with Crippen molar-refractivity contribution in [2.45, 2.75) is 64.3 Å². The smallest absolute Gasteiger partial charge is 0.317 e. The van der Waals surface area contributed by atoms with Crippen LogP contribution in [-0.2, 0) is 11.3 Å². The van der Waals surface area contributed by atoms with Crippen LogP contribution in [0.1, 0.15) is 63.4 Å². The van der Waals surface area contributed by atoms with Gasteiger partial charge in [0.05, 0.1) is 0 Å². The summed E-state index contributed by atoms with van der Waals surface area (Å²) in [6.07, 6.45) is 10.1. The lowest BCUT2D eigenvalue weighted by Crippen LogP contribution is -2.40. The second kappa shape index (κ2) is 9.19. The highest BCUT2D eigenvalue weighted by atomic mass is 16.2. The Bertz CT molecular complexity index is 693. The fourth-order valence-corrected chi connectivity index (χ4v) is 5.72. The maximum absolute atomic E-state index is 12.9. The lowest BCUT2D eigenvalue weighted by Gasteiger charge is -2.38. The van der Waals surface area contributed by atoms with Gasteiger partial charge in [-0.3, -0.25) is 4.79 Å². The zero-order valence-corrected chi connectivity index (χ0v) is 17.6. The topological polar surface area (TPSA) is 52.7 Å². The molecule has 1 unspecified atom stereocenters. The van der Waals surface area contributed by atoms with Gasteiger partial charge in [-0.05, 0) is 49.0 Å². The van der Waals surface area contributed by atoms with Crippen molar-refractivity contribution >= 4 is 11.9 Å². The van der Waals surface area contributed by atoms with Gasteiger partial charge in [0.2, 0.25) is 5.91 Å². The maximum atomic E-state index is 12.9. The number of carbonyl (C=O) groups is 2. The van der Waals surface area contributed by atoms with Crippen LogP contribution in [0, 0.1) is 11.3 Å². The fourth-order valence-electron chi connectivity index (χ4n) is 5.72. The lowest BCUT2D eigenvalue weighted by atomic mass is 9.66. The Hall–Kier alpha value is -2.04. The van der Waals surface area contributed by atoms with Crippen LogP contribution in [0.5, 0.6) is 0 Å². The molecule has 0 radical (unpaired) electrons. The summed E-state index contributed by atoms with van der Waals surface area (Å²) in [6.45, 7) is 4.09. The van der Waals surface area contributed by atoms with Crippen LogP contribution >= 0.6 is 0 Å². The normalized spacial score (nSPS) is 23.5. The van der Waals surface area contributed by atoms with E-state index in [1.165, 1.54) is 32.1 Å². The maximum Gasteiger partial charge on any atom is 0.317 e. The minimum atomic E-state index is 0.0483. The van der Waals surface area contributed by atoms with E-state index in [1.807, 2.05) is 40.1 Å². The number of urea groups is 1. The molecule has 5 nitrogen and oxygen atoms in total. The van der Waals surface area contributed by atoms with E-state index < -0.39 is 0 Å². The molecule has 0 aromatic heterocycles. The van der Waals surface area contributed by atoms with Crippen molar-refractivity contribution in [1.29, 1.82) is 0 Å². The zero-order valence-electron chi connectivity index (χ0n) is 17.6. The number of amides is 3. The molecule has 158 valence electrons. The summed E-state index contributed by atoms with van der Waals surface area (Å²) in [5.41, 5.74) is 1.35. The van der Waals surface area contributed by atoms with Crippen LogP contribution in [0.2, 0.25) is 0 Å².